The molecule has 3 unspecified atom stereocenters. The van der Waals surface area contributed by atoms with E-state index < -0.39 is 0 Å². The molecule has 0 bridgehead atoms. The Bertz CT molecular complexity index is 2720. The zero-order valence-electron chi connectivity index (χ0n) is 34.0. The van der Waals surface area contributed by atoms with Crippen LogP contribution in [0.3, 0.4) is 0 Å². The van der Waals surface area contributed by atoms with Gasteiger partial charge in [-0.25, -0.2) is 0 Å². The molecule has 2 nitrogen and oxygen atoms in total. The molecule has 5 aliphatic rings. The van der Waals surface area contributed by atoms with Crippen molar-refractivity contribution in [2.45, 2.75) is 63.7 Å². The fraction of sp³-hybridized carbons (Fsp3) is 0.214. The average Bonchev–Trinajstić information content (AvgIpc) is 3.63. The molecule has 6 aromatic rings. The van der Waals surface area contributed by atoms with E-state index in [1.165, 1.54) is 78.3 Å². The van der Waals surface area contributed by atoms with Crippen molar-refractivity contribution < 1.29 is 0 Å². The molecule has 58 heavy (non-hydrogen) atoms. The Hall–Kier alpha value is -6.12. The summed E-state index contributed by atoms with van der Waals surface area (Å²) in [6, 6.07) is 50.0. The highest BCUT2D eigenvalue weighted by Gasteiger charge is 2.53. The summed E-state index contributed by atoms with van der Waals surface area (Å²) in [4.78, 5) is 5.07. The minimum absolute atomic E-state index is 0.0833. The molecule has 5 aliphatic carbocycles. The first-order chi connectivity index (χ1) is 28.3. The van der Waals surface area contributed by atoms with E-state index in [9.17, 15) is 0 Å². The van der Waals surface area contributed by atoms with Gasteiger partial charge in [0.05, 0.1) is 5.69 Å². The molecule has 0 fully saturated rings. The highest BCUT2D eigenvalue weighted by molar-refractivity contribution is 6.09. The van der Waals surface area contributed by atoms with Gasteiger partial charge in [-0.05, 0) is 124 Å². The number of anilines is 4. The van der Waals surface area contributed by atoms with Crippen molar-refractivity contribution >= 4 is 33.5 Å². The molecule has 11 rings (SSSR count). The fourth-order valence-corrected chi connectivity index (χ4v) is 11.3. The first kappa shape index (κ1) is 35.1. The van der Waals surface area contributed by atoms with Gasteiger partial charge in [0.25, 0.3) is 0 Å². The second-order valence-electron chi connectivity index (χ2n) is 18.0. The van der Waals surface area contributed by atoms with Gasteiger partial charge in [-0.3, -0.25) is 0 Å². The molecule has 0 aliphatic heterocycles. The van der Waals surface area contributed by atoms with Gasteiger partial charge in [-0.1, -0.05) is 155 Å². The lowest BCUT2D eigenvalue weighted by molar-refractivity contribution is 0.359. The molecule has 0 heterocycles. The third-order valence-electron chi connectivity index (χ3n) is 14.1. The van der Waals surface area contributed by atoms with E-state index in [1.807, 2.05) is 0 Å². The van der Waals surface area contributed by atoms with E-state index in [4.69, 9.17) is 0 Å². The van der Waals surface area contributed by atoms with Crippen molar-refractivity contribution in [2.24, 2.45) is 11.8 Å². The van der Waals surface area contributed by atoms with Crippen LogP contribution in [0.4, 0.5) is 22.7 Å². The molecule has 0 saturated heterocycles. The molecule has 0 aromatic heterocycles. The Balaban J connectivity index is 1.10. The Labute approximate surface area is 343 Å². The van der Waals surface area contributed by atoms with E-state index in [0.29, 0.717) is 17.8 Å². The van der Waals surface area contributed by atoms with Crippen molar-refractivity contribution in [1.82, 2.24) is 0 Å². The summed E-state index contributed by atoms with van der Waals surface area (Å²) in [5.41, 5.74) is 17.7. The van der Waals surface area contributed by atoms with Crippen molar-refractivity contribution in [2.75, 3.05) is 9.80 Å². The monoisotopic (exact) mass is 750 g/mol. The van der Waals surface area contributed by atoms with Gasteiger partial charge in [0, 0.05) is 51.1 Å². The zero-order chi connectivity index (χ0) is 39.2. The topological polar surface area (TPSA) is 6.48 Å². The number of allylic oxidation sites excluding steroid dienone is 9. The summed E-state index contributed by atoms with van der Waals surface area (Å²) in [6.07, 6.45) is 19.8. The van der Waals surface area contributed by atoms with E-state index in [2.05, 4.69) is 213 Å². The smallest absolute Gasteiger partial charge is 0.0540 e. The van der Waals surface area contributed by atoms with Crippen LogP contribution < -0.4 is 9.80 Å². The SMILES string of the molecule is CC1(C)c2cc3c(cc2-c2c1cc(N(C1=CC=CCC1)c1ccccc1)c1ccccc21)C(C)(C)C1C=C(N(c2ccccc2)c2ccccc2)C2CC=CC=C2C31. The molecule has 0 N–H and O–H groups in total. The molecular formula is C56H50N2. The Morgan fingerprint density at radius 1 is 0.586 bits per heavy atom. The van der Waals surface area contributed by atoms with Crippen LogP contribution >= 0.6 is 0 Å². The molecule has 2 heteroatoms. The fourth-order valence-electron chi connectivity index (χ4n) is 11.3. The molecular weight excluding hydrogens is 701 g/mol. The van der Waals surface area contributed by atoms with Crippen LogP contribution in [-0.2, 0) is 10.8 Å². The highest BCUT2D eigenvalue weighted by Crippen LogP contribution is 2.64. The molecule has 0 spiro atoms. The van der Waals surface area contributed by atoms with Gasteiger partial charge in [0.15, 0.2) is 0 Å². The second-order valence-corrected chi connectivity index (χ2v) is 18.0. The Morgan fingerprint density at radius 3 is 1.86 bits per heavy atom. The van der Waals surface area contributed by atoms with Crippen molar-refractivity contribution in [1.29, 1.82) is 0 Å². The maximum atomic E-state index is 2.69. The molecule has 0 radical (unpaired) electrons. The Morgan fingerprint density at radius 2 is 1.21 bits per heavy atom. The number of hydrogen-bond donors (Lipinski definition) is 0. The zero-order valence-corrected chi connectivity index (χ0v) is 34.0. The molecule has 284 valence electrons. The molecule has 0 saturated carbocycles. The molecule has 0 amide bonds. The minimum Gasteiger partial charge on any atom is -0.314 e. The number of fused-ring (bicyclic) bond motifs is 10. The Kier molecular flexibility index (Phi) is 7.99. The molecule has 3 atom stereocenters. The van der Waals surface area contributed by atoms with Gasteiger partial charge in [0.1, 0.15) is 0 Å². The highest BCUT2D eigenvalue weighted by atomic mass is 15.2. The summed E-state index contributed by atoms with van der Waals surface area (Å²) in [5, 5.41) is 2.64. The lowest BCUT2D eigenvalue weighted by Gasteiger charge is -2.44. The van der Waals surface area contributed by atoms with Gasteiger partial charge in [-0.2, -0.15) is 0 Å². The number of nitrogens with zero attached hydrogens (tertiary/aromatic N) is 2. The number of para-hydroxylation sites is 3. The number of rotatable bonds is 6. The van der Waals surface area contributed by atoms with Crippen LogP contribution in [-0.4, -0.2) is 0 Å². The van der Waals surface area contributed by atoms with Crippen LogP contribution in [0.15, 0.2) is 193 Å². The van der Waals surface area contributed by atoms with E-state index in [1.54, 1.807) is 5.57 Å². The standard InChI is InChI=1S/C56H50N2/c1-55(2)47-33-46-48(34-45(47)53-43-31-19-17-29-41(43)51(35-49(53)55)57(37-21-9-5-10-22-37)38-23-11-6-12-24-38)56(3,4)50-36-52(42-30-18-20-32-44(42)54(46)50)58(39-25-13-7-14-26-39)40-27-15-8-16-28-40/h5-15,17-27,30-36,41,49,53H,16,28-29H2,1-4H3. The van der Waals surface area contributed by atoms with E-state index in [0.717, 1.165) is 19.3 Å². The third kappa shape index (κ3) is 5.17. The third-order valence-corrected chi connectivity index (χ3v) is 14.1. The summed E-state index contributed by atoms with van der Waals surface area (Å²) in [6.45, 7) is 9.96. The maximum absolute atomic E-state index is 2.69. The molecule has 6 aromatic carbocycles. The minimum atomic E-state index is -0.183. The number of benzene rings is 6. The van der Waals surface area contributed by atoms with Gasteiger partial charge >= 0.3 is 0 Å². The maximum Gasteiger partial charge on any atom is 0.0540 e. The van der Waals surface area contributed by atoms with Crippen LogP contribution in [0.25, 0.3) is 21.9 Å². The van der Waals surface area contributed by atoms with Crippen molar-refractivity contribution in [3.05, 3.63) is 215 Å². The van der Waals surface area contributed by atoms with Crippen molar-refractivity contribution in [3.8, 4) is 11.1 Å². The summed E-state index contributed by atoms with van der Waals surface area (Å²) < 4.78 is 0. The van der Waals surface area contributed by atoms with Gasteiger partial charge < -0.3 is 9.80 Å². The summed E-state index contributed by atoms with van der Waals surface area (Å²) >= 11 is 0. The largest absolute Gasteiger partial charge is 0.314 e. The lowest BCUT2D eigenvalue weighted by atomic mass is 9.65. The van der Waals surface area contributed by atoms with Crippen molar-refractivity contribution in [3.63, 3.8) is 0 Å². The normalized spacial score (nSPS) is 21.5. The predicted molar refractivity (Wildman–Crippen MR) is 244 cm³/mol. The predicted octanol–water partition coefficient (Wildman–Crippen LogP) is 14.7. The lowest BCUT2D eigenvalue weighted by Crippen LogP contribution is -2.36. The van der Waals surface area contributed by atoms with E-state index >= 15 is 0 Å². The van der Waals surface area contributed by atoms with Gasteiger partial charge in [0.2, 0.25) is 0 Å². The van der Waals surface area contributed by atoms with Gasteiger partial charge in [-0.15, -0.1) is 0 Å². The first-order valence-corrected chi connectivity index (χ1v) is 21.3. The van der Waals surface area contributed by atoms with Crippen LogP contribution in [0.2, 0.25) is 0 Å². The number of hydrogen-bond acceptors (Lipinski definition) is 2. The van der Waals surface area contributed by atoms with E-state index in [-0.39, 0.29) is 10.8 Å². The first-order valence-electron chi connectivity index (χ1n) is 21.3. The quantitative estimate of drug-likeness (QED) is 0.167. The second kappa shape index (κ2) is 13.2. The van der Waals surface area contributed by atoms with Crippen LogP contribution in [0, 0.1) is 11.8 Å². The summed E-state index contributed by atoms with van der Waals surface area (Å²) in [7, 11) is 0. The average molecular weight is 751 g/mol. The van der Waals surface area contributed by atoms with Crippen LogP contribution in [0.1, 0.15) is 75.1 Å². The summed E-state index contributed by atoms with van der Waals surface area (Å²) in [5.74, 6) is 0.947. The van der Waals surface area contributed by atoms with Crippen LogP contribution in [0.5, 0.6) is 0 Å².